The maximum atomic E-state index is 12.1. The SMILES string of the molecule is CC1=C2C(=O)CCCC(=O)C(CC1)C2(C)C. The Morgan fingerprint density at radius 2 is 1.81 bits per heavy atom. The Labute approximate surface area is 97.1 Å². The zero-order chi connectivity index (χ0) is 11.9. The standard InChI is InChI=1S/C14H20O2/c1-9-7-8-10-11(15)5-4-6-12(16)13(9)14(10,2)3/h10H,4-8H2,1-3H3. The van der Waals surface area contributed by atoms with Crippen LogP contribution in [0.15, 0.2) is 11.1 Å². The van der Waals surface area contributed by atoms with Crippen molar-refractivity contribution in [3.63, 3.8) is 0 Å². The zero-order valence-corrected chi connectivity index (χ0v) is 10.4. The van der Waals surface area contributed by atoms with Gasteiger partial charge in [-0.3, -0.25) is 9.59 Å². The molecule has 0 saturated heterocycles. The molecule has 0 heterocycles. The first-order chi connectivity index (χ1) is 7.44. The van der Waals surface area contributed by atoms with Crippen LogP contribution in [0.5, 0.6) is 0 Å². The molecule has 0 amide bonds. The van der Waals surface area contributed by atoms with Gasteiger partial charge in [0.25, 0.3) is 0 Å². The van der Waals surface area contributed by atoms with Crippen molar-refractivity contribution in [3.8, 4) is 0 Å². The van der Waals surface area contributed by atoms with E-state index >= 15 is 0 Å². The Morgan fingerprint density at radius 1 is 1.12 bits per heavy atom. The lowest BCUT2D eigenvalue weighted by molar-refractivity contribution is -0.128. The number of carbonyl (C=O) groups excluding carboxylic acids is 2. The van der Waals surface area contributed by atoms with Crippen molar-refractivity contribution in [1.29, 1.82) is 0 Å². The van der Waals surface area contributed by atoms with E-state index < -0.39 is 0 Å². The summed E-state index contributed by atoms with van der Waals surface area (Å²) in [5.41, 5.74) is 1.93. The number of ketones is 2. The van der Waals surface area contributed by atoms with Gasteiger partial charge in [-0.15, -0.1) is 0 Å². The van der Waals surface area contributed by atoms with Crippen molar-refractivity contribution in [1.82, 2.24) is 0 Å². The van der Waals surface area contributed by atoms with Gasteiger partial charge in [0, 0.05) is 29.7 Å². The summed E-state index contributed by atoms with van der Waals surface area (Å²) in [6.45, 7) is 6.19. The van der Waals surface area contributed by atoms with Crippen LogP contribution in [0.1, 0.15) is 52.9 Å². The summed E-state index contributed by atoms with van der Waals surface area (Å²) in [5.74, 6) is 0.706. The number of Topliss-reactive ketones (excluding diaryl/α,β-unsaturated/α-hetero) is 2. The molecule has 1 fully saturated rings. The molecule has 0 radical (unpaired) electrons. The van der Waals surface area contributed by atoms with Crippen LogP contribution in [0.2, 0.25) is 0 Å². The quantitative estimate of drug-likeness (QED) is 0.628. The summed E-state index contributed by atoms with van der Waals surface area (Å²) < 4.78 is 0. The van der Waals surface area contributed by atoms with Gasteiger partial charge in [-0.05, 0) is 26.2 Å². The molecule has 0 aromatic heterocycles. The topological polar surface area (TPSA) is 34.1 Å². The fourth-order valence-electron chi connectivity index (χ4n) is 3.45. The zero-order valence-electron chi connectivity index (χ0n) is 10.4. The monoisotopic (exact) mass is 220 g/mol. The highest BCUT2D eigenvalue weighted by Gasteiger charge is 2.44. The number of carbonyl (C=O) groups is 2. The number of rotatable bonds is 0. The van der Waals surface area contributed by atoms with Gasteiger partial charge in [0.15, 0.2) is 5.78 Å². The molecule has 2 bridgehead atoms. The number of allylic oxidation sites excluding steroid dienone is 2. The van der Waals surface area contributed by atoms with Gasteiger partial charge in [-0.1, -0.05) is 19.4 Å². The highest BCUT2D eigenvalue weighted by Crippen LogP contribution is 2.47. The largest absolute Gasteiger partial charge is 0.299 e. The Kier molecular flexibility index (Phi) is 2.77. The van der Waals surface area contributed by atoms with Gasteiger partial charge in [0.2, 0.25) is 0 Å². The predicted octanol–water partition coefficient (Wildman–Crippen LogP) is 3.06. The molecule has 0 N–H and O–H groups in total. The first kappa shape index (κ1) is 11.6. The smallest absolute Gasteiger partial charge is 0.159 e. The molecule has 1 saturated carbocycles. The molecule has 16 heavy (non-hydrogen) atoms. The molecule has 1 unspecified atom stereocenters. The molecule has 2 aliphatic carbocycles. The van der Waals surface area contributed by atoms with Crippen LogP contribution in [-0.4, -0.2) is 11.6 Å². The highest BCUT2D eigenvalue weighted by atomic mass is 16.1. The van der Waals surface area contributed by atoms with E-state index in [1.807, 2.05) is 0 Å². The van der Waals surface area contributed by atoms with Crippen LogP contribution in [0.25, 0.3) is 0 Å². The second kappa shape index (κ2) is 3.83. The lowest BCUT2D eigenvalue weighted by Crippen LogP contribution is -2.40. The van der Waals surface area contributed by atoms with E-state index in [9.17, 15) is 9.59 Å². The maximum absolute atomic E-state index is 12.1. The molecule has 0 spiro atoms. The number of hydrogen-bond donors (Lipinski definition) is 0. The lowest BCUT2D eigenvalue weighted by atomic mass is 9.61. The van der Waals surface area contributed by atoms with Crippen LogP contribution < -0.4 is 0 Å². The van der Waals surface area contributed by atoms with Gasteiger partial charge in [-0.2, -0.15) is 0 Å². The molecule has 0 aromatic rings. The van der Waals surface area contributed by atoms with Crippen molar-refractivity contribution in [2.45, 2.75) is 52.9 Å². The lowest BCUT2D eigenvalue weighted by Gasteiger charge is -2.41. The Hall–Kier alpha value is -0.920. The van der Waals surface area contributed by atoms with Crippen molar-refractivity contribution in [2.24, 2.45) is 11.3 Å². The normalized spacial score (nSPS) is 30.1. The van der Waals surface area contributed by atoms with E-state index in [2.05, 4.69) is 20.8 Å². The van der Waals surface area contributed by atoms with Crippen LogP contribution in [0.4, 0.5) is 0 Å². The summed E-state index contributed by atoms with van der Waals surface area (Å²) in [4.78, 5) is 24.2. The number of hydrogen-bond acceptors (Lipinski definition) is 2. The van der Waals surface area contributed by atoms with Crippen molar-refractivity contribution in [3.05, 3.63) is 11.1 Å². The third kappa shape index (κ3) is 1.64. The molecule has 2 rings (SSSR count). The van der Waals surface area contributed by atoms with Crippen molar-refractivity contribution >= 4 is 11.6 Å². The molecule has 0 aromatic carbocycles. The fraction of sp³-hybridized carbons (Fsp3) is 0.714. The minimum Gasteiger partial charge on any atom is -0.299 e. The van der Waals surface area contributed by atoms with Crippen molar-refractivity contribution < 1.29 is 9.59 Å². The molecule has 2 aliphatic rings. The van der Waals surface area contributed by atoms with E-state index in [-0.39, 0.29) is 17.1 Å². The molecule has 2 nitrogen and oxygen atoms in total. The van der Waals surface area contributed by atoms with E-state index in [1.165, 1.54) is 5.57 Å². The van der Waals surface area contributed by atoms with Gasteiger partial charge < -0.3 is 0 Å². The molecule has 2 heteroatoms. The van der Waals surface area contributed by atoms with Gasteiger partial charge >= 0.3 is 0 Å². The van der Waals surface area contributed by atoms with E-state index in [0.29, 0.717) is 18.6 Å². The maximum Gasteiger partial charge on any atom is 0.159 e. The van der Waals surface area contributed by atoms with Gasteiger partial charge in [-0.25, -0.2) is 0 Å². The van der Waals surface area contributed by atoms with Gasteiger partial charge in [0.1, 0.15) is 5.78 Å². The first-order valence-electron chi connectivity index (χ1n) is 6.20. The molecular weight excluding hydrogens is 200 g/mol. The summed E-state index contributed by atoms with van der Waals surface area (Å²) in [7, 11) is 0. The van der Waals surface area contributed by atoms with E-state index in [0.717, 1.165) is 24.8 Å². The van der Waals surface area contributed by atoms with E-state index in [4.69, 9.17) is 0 Å². The minimum absolute atomic E-state index is 0.0652. The summed E-state index contributed by atoms with van der Waals surface area (Å²) in [6, 6.07) is 0. The Morgan fingerprint density at radius 3 is 2.50 bits per heavy atom. The van der Waals surface area contributed by atoms with E-state index in [1.54, 1.807) is 0 Å². The minimum atomic E-state index is -0.239. The molecular formula is C14H20O2. The Balaban J connectivity index is 2.52. The average Bonchev–Trinajstić information content (AvgIpc) is 2.15. The number of fused-ring (bicyclic) bond motifs is 2. The van der Waals surface area contributed by atoms with Crippen LogP contribution in [0, 0.1) is 11.3 Å². The summed E-state index contributed by atoms with van der Waals surface area (Å²) >= 11 is 0. The average molecular weight is 220 g/mol. The fourth-order valence-corrected chi connectivity index (χ4v) is 3.45. The van der Waals surface area contributed by atoms with Crippen molar-refractivity contribution in [2.75, 3.05) is 0 Å². The third-order valence-corrected chi connectivity index (χ3v) is 4.24. The molecule has 88 valence electrons. The van der Waals surface area contributed by atoms with Gasteiger partial charge in [0.05, 0.1) is 0 Å². The van der Waals surface area contributed by atoms with Crippen LogP contribution in [0.3, 0.4) is 0 Å². The second-order valence-electron chi connectivity index (χ2n) is 5.71. The predicted molar refractivity (Wildman–Crippen MR) is 63.1 cm³/mol. The Bertz CT molecular complexity index is 374. The highest BCUT2D eigenvalue weighted by molar-refractivity contribution is 6.00. The first-order valence-corrected chi connectivity index (χ1v) is 6.20. The second-order valence-corrected chi connectivity index (χ2v) is 5.71. The van der Waals surface area contributed by atoms with Crippen LogP contribution in [-0.2, 0) is 9.59 Å². The third-order valence-electron chi connectivity index (χ3n) is 4.24. The molecule has 0 aliphatic heterocycles. The summed E-state index contributed by atoms with van der Waals surface area (Å²) in [5, 5.41) is 0. The summed E-state index contributed by atoms with van der Waals surface area (Å²) in [6.07, 6.45) is 3.72. The van der Waals surface area contributed by atoms with Crippen LogP contribution >= 0.6 is 0 Å². The molecule has 1 atom stereocenters.